The lowest BCUT2D eigenvalue weighted by atomic mass is 9.92. The van der Waals surface area contributed by atoms with Crippen molar-refractivity contribution in [2.45, 2.75) is 43.7 Å². The minimum absolute atomic E-state index is 0. The molecule has 9 nitrogen and oxygen atoms in total. The number of hydrogen-bond acceptors (Lipinski definition) is 9. The molecule has 194 valence electrons. The SMILES string of the molecule is COC(=O)Cn1nncc1C=C1CN(C(C(=O)C2CC2)c2ccccc2F)CCC1(O)SC(C)=O.Cl. The van der Waals surface area contributed by atoms with E-state index in [2.05, 4.69) is 10.3 Å². The van der Waals surface area contributed by atoms with Crippen LogP contribution in [0.2, 0.25) is 0 Å². The van der Waals surface area contributed by atoms with Crippen LogP contribution in [0, 0.1) is 11.7 Å². The third-order valence-electron chi connectivity index (χ3n) is 6.22. The molecule has 36 heavy (non-hydrogen) atoms. The molecule has 1 N–H and O–H groups in total. The van der Waals surface area contributed by atoms with Crippen LogP contribution in [0.25, 0.3) is 6.08 Å². The molecule has 2 fully saturated rings. The number of ketones is 1. The summed E-state index contributed by atoms with van der Waals surface area (Å²) in [6, 6.07) is 5.42. The number of esters is 1. The van der Waals surface area contributed by atoms with Gasteiger partial charge in [0.05, 0.1) is 25.0 Å². The van der Waals surface area contributed by atoms with Crippen LogP contribution in [0.3, 0.4) is 0 Å². The molecule has 1 aliphatic carbocycles. The average molecular weight is 539 g/mol. The van der Waals surface area contributed by atoms with E-state index in [1.165, 1.54) is 31.0 Å². The molecule has 1 saturated heterocycles. The first-order valence-corrected chi connectivity index (χ1v) is 12.1. The lowest BCUT2D eigenvalue weighted by Gasteiger charge is -2.42. The van der Waals surface area contributed by atoms with Crippen LogP contribution in [0.1, 0.15) is 43.5 Å². The number of hydrogen-bond donors (Lipinski definition) is 1. The van der Waals surface area contributed by atoms with Crippen molar-refractivity contribution in [1.82, 2.24) is 19.9 Å². The average Bonchev–Trinajstić information content (AvgIpc) is 3.58. The maximum absolute atomic E-state index is 14.8. The monoisotopic (exact) mass is 538 g/mol. The quantitative estimate of drug-likeness (QED) is 0.400. The third kappa shape index (κ3) is 6.20. The molecular formula is C24H28ClFN4O5S. The Balaban J connectivity index is 0.00000361. The van der Waals surface area contributed by atoms with Crippen molar-refractivity contribution < 1.29 is 28.6 Å². The number of Topliss-reactive ketones (excluding diaryl/α,β-unsaturated/α-hetero) is 1. The molecule has 0 spiro atoms. The topological polar surface area (TPSA) is 115 Å². The van der Waals surface area contributed by atoms with Gasteiger partial charge in [0.2, 0.25) is 0 Å². The number of piperidine rings is 1. The van der Waals surface area contributed by atoms with Crippen LogP contribution in [0.4, 0.5) is 4.39 Å². The number of benzene rings is 1. The summed E-state index contributed by atoms with van der Waals surface area (Å²) in [6.45, 7) is 1.58. The number of rotatable bonds is 8. The van der Waals surface area contributed by atoms with E-state index in [1.54, 1.807) is 24.3 Å². The molecule has 4 rings (SSSR count). The summed E-state index contributed by atoms with van der Waals surface area (Å²) >= 11 is 0.793. The van der Waals surface area contributed by atoms with E-state index in [0.717, 1.165) is 24.6 Å². The minimum atomic E-state index is -1.54. The molecule has 2 aliphatic rings. The van der Waals surface area contributed by atoms with Gasteiger partial charge in [-0.25, -0.2) is 9.07 Å². The van der Waals surface area contributed by atoms with Gasteiger partial charge in [0.1, 0.15) is 17.3 Å². The molecule has 0 radical (unpaired) electrons. The molecule has 1 aromatic heterocycles. The number of aliphatic hydroxyl groups is 1. The van der Waals surface area contributed by atoms with E-state index < -0.39 is 22.8 Å². The summed E-state index contributed by atoms with van der Waals surface area (Å²) in [5.41, 5.74) is 1.15. The Hall–Kier alpha value is -2.60. The first-order chi connectivity index (χ1) is 16.7. The Morgan fingerprint density at radius 3 is 2.69 bits per heavy atom. The van der Waals surface area contributed by atoms with Crippen LogP contribution < -0.4 is 0 Å². The zero-order chi connectivity index (χ0) is 25.2. The molecule has 1 saturated carbocycles. The van der Waals surface area contributed by atoms with Gasteiger partial charge < -0.3 is 9.84 Å². The minimum Gasteiger partial charge on any atom is -0.468 e. The molecule has 2 aromatic rings. The predicted octanol–water partition coefficient (Wildman–Crippen LogP) is 2.79. The number of methoxy groups -OCH3 is 1. The van der Waals surface area contributed by atoms with E-state index in [9.17, 15) is 23.9 Å². The van der Waals surface area contributed by atoms with Crippen molar-refractivity contribution in [2.75, 3.05) is 20.2 Å². The number of halogens is 2. The van der Waals surface area contributed by atoms with Gasteiger partial charge in [-0.15, -0.1) is 17.5 Å². The Bertz CT molecular complexity index is 1170. The van der Waals surface area contributed by atoms with Crippen molar-refractivity contribution in [1.29, 1.82) is 0 Å². The predicted molar refractivity (Wildman–Crippen MR) is 134 cm³/mol. The van der Waals surface area contributed by atoms with Gasteiger partial charge >= 0.3 is 5.97 Å². The van der Waals surface area contributed by atoms with Gasteiger partial charge in [0.15, 0.2) is 10.9 Å². The zero-order valence-corrected chi connectivity index (χ0v) is 21.6. The zero-order valence-electron chi connectivity index (χ0n) is 19.9. The fourth-order valence-corrected chi connectivity index (χ4v) is 5.22. The van der Waals surface area contributed by atoms with Gasteiger partial charge in [-0.05, 0) is 42.3 Å². The number of ether oxygens (including phenoxy) is 1. The summed E-state index contributed by atoms with van der Waals surface area (Å²) in [4.78, 5) is 37.3. The number of nitrogens with zero attached hydrogens (tertiary/aromatic N) is 4. The maximum Gasteiger partial charge on any atom is 0.327 e. The van der Waals surface area contributed by atoms with Crippen LogP contribution in [-0.4, -0.2) is 67.0 Å². The molecule has 0 amide bonds. The van der Waals surface area contributed by atoms with Crippen molar-refractivity contribution in [3.05, 3.63) is 53.1 Å². The third-order valence-corrected chi connectivity index (χ3v) is 7.31. The Labute approximate surface area is 218 Å². The van der Waals surface area contributed by atoms with Gasteiger partial charge in [0.25, 0.3) is 0 Å². The number of carbonyl (C=O) groups excluding carboxylic acids is 3. The number of thioether (sulfide) groups is 1. The largest absolute Gasteiger partial charge is 0.468 e. The molecule has 1 aliphatic heterocycles. The molecule has 2 unspecified atom stereocenters. The summed E-state index contributed by atoms with van der Waals surface area (Å²) in [5.74, 6) is -1.14. The van der Waals surface area contributed by atoms with E-state index in [-0.39, 0.29) is 55.3 Å². The van der Waals surface area contributed by atoms with Crippen LogP contribution in [0.15, 0.2) is 36.0 Å². The lowest BCUT2D eigenvalue weighted by molar-refractivity contribution is -0.141. The fourth-order valence-electron chi connectivity index (χ4n) is 4.29. The van der Waals surface area contributed by atoms with E-state index in [4.69, 9.17) is 4.74 Å². The summed E-state index contributed by atoms with van der Waals surface area (Å²) < 4.78 is 20.8. The first-order valence-electron chi connectivity index (χ1n) is 11.3. The molecule has 12 heteroatoms. The second-order valence-corrected chi connectivity index (χ2v) is 10.2. The van der Waals surface area contributed by atoms with Gasteiger partial charge in [-0.1, -0.05) is 23.4 Å². The molecular weight excluding hydrogens is 511 g/mol. The number of aromatic nitrogens is 3. The fraction of sp³-hybridized carbons (Fsp3) is 0.458. The van der Waals surface area contributed by atoms with E-state index in [0.29, 0.717) is 16.8 Å². The number of likely N-dealkylation sites (tertiary alicyclic amines) is 1. The Morgan fingerprint density at radius 1 is 1.33 bits per heavy atom. The van der Waals surface area contributed by atoms with Gasteiger partial charge in [-0.3, -0.25) is 19.3 Å². The second-order valence-electron chi connectivity index (χ2n) is 8.76. The highest BCUT2D eigenvalue weighted by molar-refractivity contribution is 8.14. The maximum atomic E-state index is 14.8. The normalized spacial score (nSPS) is 22.1. The first kappa shape index (κ1) is 28.0. The Kier molecular flexibility index (Phi) is 9.04. The summed E-state index contributed by atoms with van der Waals surface area (Å²) in [5, 5.41) is 18.9. The summed E-state index contributed by atoms with van der Waals surface area (Å²) in [7, 11) is 1.26. The van der Waals surface area contributed by atoms with Gasteiger partial charge in [0, 0.05) is 37.9 Å². The van der Waals surface area contributed by atoms with Crippen molar-refractivity contribution in [3.8, 4) is 0 Å². The van der Waals surface area contributed by atoms with Crippen molar-refractivity contribution in [3.63, 3.8) is 0 Å². The highest BCUT2D eigenvalue weighted by atomic mass is 35.5. The molecule has 2 heterocycles. The lowest BCUT2D eigenvalue weighted by Crippen LogP contribution is -2.48. The van der Waals surface area contributed by atoms with E-state index in [1.807, 2.05) is 4.90 Å². The van der Waals surface area contributed by atoms with Crippen molar-refractivity contribution in [2.24, 2.45) is 5.92 Å². The molecule has 0 bridgehead atoms. The summed E-state index contributed by atoms with van der Waals surface area (Å²) in [6.07, 6.45) is 4.75. The van der Waals surface area contributed by atoms with Crippen LogP contribution >= 0.6 is 24.2 Å². The highest BCUT2D eigenvalue weighted by Crippen LogP contribution is 2.44. The standard InChI is InChI=1S/C24H27FN4O5S.ClH/c1-15(30)35-24(33)9-10-28(13-17(24)11-18-12-26-27-29(18)14-21(31)34-2)22(23(32)16-7-8-16)19-5-3-4-6-20(19)25;/h3-6,11-12,16,22,33H,7-10,13-14H2,1-2H3;1H. The molecule has 1 aromatic carbocycles. The smallest absolute Gasteiger partial charge is 0.327 e. The van der Waals surface area contributed by atoms with Gasteiger partial charge in [-0.2, -0.15) is 0 Å². The van der Waals surface area contributed by atoms with Crippen LogP contribution in [0.5, 0.6) is 0 Å². The van der Waals surface area contributed by atoms with Crippen LogP contribution in [-0.2, 0) is 25.7 Å². The highest BCUT2D eigenvalue weighted by Gasteiger charge is 2.45. The van der Waals surface area contributed by atoms with Crippen molar-refractivity contribution >= 4 is 47.1 Å². The molecule has 2 atom stereocenters. The number of carbonyl (C=O) groups is 3. The van der Waals surface area contributed by atoms with E-state index >= 15 is 0 Å². The second kappa shape index (κ2) is 11.6. The Morgan fingerprint density at radius 2 is 2.06 bits per heavy atom.